The van der Waals surface area contributed by atoms with Crippen LogP contribution in [-0.4, -0.2) is 37.2 Å². The summed E-state index contributed by atoms with van der Waals surface area (Å²) in [7, 11) is 0. The topological polar surface area (TPSA) is 78.9 Å². The molecule has 0 bridgehead atoms. The molecule has 0 aliphatic heterocycles. The van der Waals surface area contributed by atoms with Crippen molar-refractivity contribution in [3.05, 3.63) is 60.8 Å². The lowest BCUT2D eigenvalue weighted by atomic mass is 10.0. The van der Waals surface area contributed by atoms with Gasteiger partial charge in [0.25, 0.3) is 0 Å². The fourth-order valence-corrected chi connectivity index (χ4v) is 9.35. The molecule has 0 spiro atoms. The van der Waals surface area contributed by atoms with Crippen molar-refractivity contribution >= 4 is 17.9 Å². The van der Waals surface area contributed by atoms with Gasteiger partial charge in [-0.05, 0) is 44.9 Å². The maximum atomic E-state index is 12.8. The first-order chi connectivity index (χ1) is 36.0. The highest BCUT2D eigenvalue weighted by molar-refractivity contribution is 5.72. The van der Waals surface area contributed by atoms with Gasteiger partial charge in [-0.25, -0.2) is 0 Å². The Kier molecular flexibility index (Phi) is 59.2. The van der Waals surface area contributed by atoms with Crippen molar-refractivity contribution in [3.63, 3.8) is 0 Å². The van der Waals surface area contributed by atoms with Crippen LogP contribution in [0.4, 0.5) is 0 Å². The molecule has 0 aromatic heterocycles. The van der Waals surface area contributed by atoms with Crippen LogP contribution in [0.25, 0.3) is 0 Å². The SMILES string of the molecule is CC/C=C\C/C=C\C/C=C\C/C=C\C/C=C\CC(=O)OC(COC(=O)CCCCCCCCCCCCCCCCC)COC(=O)CCCCCCCCCCCCCCCCCCCCCCCCCCC. The van der Waals surface area contributed by atoms with Crippen molar-refractivity contribution < 1.29 is 28.6 Å². The molecule has 0 rings (SSSR count). The third-order valence-electron chi connectivity index (χ3n) is 14.1. The molecule has 1 atom stereocenters. The summed E-state index contributed by atoms with van der Waals surface area (Å²) in [4.78, 5) is 38.2. The zero-order chi connectivity index (χ0) is 52.9. The fraction of sp³-hybridized carbons (Fsp3) is 0.806. The third kappa shape index (κ3) is 59.9. The molecule has 73 heavy (non-hydrogen) atoms. The maximum Gasteiger partial charge on any atom is 0.310 e. The highest BCUT2D eigenvalue weighted by Crippen LogP contribution is 2.18. The molecule has 0 aliphatic rings. The molecule has 0 aromatic rings. The molecular formula is C67H120O6. The van der Waals surface area contributed by atoms with E-state index in [1.54, 1.807) is 6.08 Å². The van der Waals surface area contributed by atoms with Crippen LogP contribution in [0, 0.1) is 0 Å². The lowest BCUT2D eigenvalue weighted by Crippen LogP contribution is -2.30. The van der Waals surface area contributed by atoms with E-state index in [-0.39, 0.29) is 31.6 Å². The molecule has 0 amide bonds. The Balaban J connectivity index is 4.31. The smallest absolute Gasteiger partial charge is 0.310 e. The van der Waals surface area contributed by atoms with E-state index in [9.17, 15) is 14.4 Å². The van der Waals surface area contributed by atoms with Gasteiger partial charge < -0.3 is 14.2 Å². The van der Waals surface area contributed by atoms with Crippen molar-refractivity contribution in [3.8, 4) is 0 Å². The Bertz CT molecular complexity index is 1310. The summed E-state index contributed by atoms with van der Waals surface area (Å²) in [6.07, 6.45) is 78.4. The van der Waals surface area contributed by atoms with Gasteiger partial charge in [0.1, 0.15) is 13.2 Å². The van der Waals surface area contributed by atoms with Gasteiger partial charge in [0.2, 0.25) is 0 Å². The van der Waals surface area contributed by atoms with E-state index < -0.39 is 12.1 Å². The molecule has 0 fully saturated rings. The summed E-state index contributed by atoms with van der Waals surface area (Å²) in [6, 6.07) is 0. The first-order valence-electron chi connectivity index (χ1n) is 31.8. The Morgan fingerprint density at radius 2 is 0.521 bits per heavy atom. The van der Waals surface area contributed by atoms with Gasteiger partial charge in [-0.1, -0.05) is 326 Å². The zero-order valence-electron chi connectivity index (χ0n) is 48.7. The van der Waals surface area contributed by atoms with Crippen LogP contribution in [0.3, 0.4) is 0 Å². The van der Waals surface area contributed by atoms with E-state index in [2.05, 4.69) is 69.4 Å². The number of carbonyl (C=O) groups excluding carboxylic acids is 3. The number of rotatable bonds is 58. The first kappa shape index (κ1) is 70.1. The molecule has 0 N–H and O–H groups in total. The molecule has 0 saturated heterocycles. The molecular weight excluding hydrogens is 901 g/mol. The van der Waals surface area contributed by atoms with Gasteiger partial charge in [0.15, 0.2) is 6.10 Å². The molecule has 0 aliphatic carbocycles. The van der Waals surface area contributed by atoms with Crippen molar-refractivity contribution in [2.75, 3.05) is 13.2 Å². The zero-order valence-corrected chi connectivity index (χ0v) is 48.7. The molecule has 0 aromatic carbocycles. The van der Waals surface area contributed by atoms with E-state index in [1.807, 2.05) is 6.08 Å². The van der Waals surface area contributed by atoms with Crippen LogP contribution in [0.1, 0.15) is 329 Å². The number of ether oxygens (including phenoxy) is 3. The van der Waals surface area contributed by atoms with Crippen LogP contribution < -0.4 is 0 Å². The molecule has 0 saturated carbocycles. The summed E-state index contributed by atoms with van der Waals surface area (Å²) in [6.45, 7) is 6.49. The number of hydrogen-bond acceptors (Lipinski definition) is 6. The van der Waals surface area contributed by atoms with E-state index >= 15 is 0 Å². The average molecular weight is 1020 g/mol. The summed E-state index contributed by atoms with van der Waals surface area (Å²) in [5.41, 5.74) is 0. The number of hydrogen-bond donors (Lipinski definition) is 0. The highest BCUT2D eigenvalue weighted by Gasteiger charge is 2.19. The predicted octanol–water partition coefficient (Wildman–Crippen LogP) is 21.6. The fourth-order valence-electron chi connectivity index (χ4n) is 9.35. The lowest BCUT2D eigenvalue weighted by Gasteiger charge is -2.18. The van der Waals surface area contributed by atoms with E-state index in [0.717, 1.165) is 70.6 Å². The maximum absolute atomic E-state index is 12.8. The summed E-state index contributed by atoms with van der Waals surface area (Å²) < 4.78 is 16.8. The second-order valence-electron chi connectivity index (χ2n) is 21.3. The van der Waals surface area contributed by atoms with Crippen molar-refractivity contribution in [2.24, 2.45) is 0 Å². The second-order valence-corrected chi connectivity index (χ2v) is 21.3. The Morgan fingerprint density at radius 3 is 0.781 bits per heavy atom. The van der Waals surface area contributed by atoms with Crippen LogP contribution in [-0.2, 0) is 28.6 Å². The first-order valence-corrected chi connectivity index (χ1v) is 31.8. The highest BCUT2D eigenvalue weighted by atomic mass is 16.6. The minimum Gasteiger partial charge on any atom is -0.462 e. The van der Waals surface area contributed by atoms with Gasteiger partial charge in [0.05, 0.1) is 6.42 Å². The van der Waals surface area contributed by atoms with Gasteiger partial charge in [-0.15, -0.1) is 0 Å². The molecule has 6 nitrogen and oxygen atoms in total. The van der Waals surface area contributed by atoms with Gasteiger partial charge in [0, 0.05) is 12.8 Å². The predicted molar refractivity (Wildman–Crippen MR) is 316 cm³/mol. The van der Waals surface area contributed by atoms with E-state index in [1.165, 1.54) is 218 Å². The van der Waals surface area contributed by atoms with Crippen LogP contribution in [0.2, 0.25) is 0 Å². The monoisotopic (exact) mass is 1020 g/mol. The van der Waals surface area contributed by atoms with E-state index in [4.69, 9.17) is 14.2 Å². The van der Waals surface area contributed by atoms with E-state index in [0.29, 0.717) is 12.8 Å². The standard InChI is InChI=1S/C67H120O6/c1-4-7-10-13-16-19-22-25-28-29-30-31-32-33-34-35-36-37-40-42-45-48-51-54-57-60-66(69)72-63-64(73-67(70)61-58-55-52-49-46-43-39-27-24-21-18-15-12-9-6-3)62-71-65(68)59-56-53-50-47-44-41-38-26-23-20-17-14-11-8-5-2/h9,12,18,21,27,39,46,49,55,58,64H,4-8,10-11,13-17,19-20,22-26,28-38,40-45,47-48,50-54,56-57,59-63H2,1-3H3/b12-9-,21-18-,39-27-,49-46-,58-55-. The Morgan fingerprint density at radius 1 is 0.288 bits per heavy atom. The summed E-state index contributed by atoms with van der Waals surface area (Å²) in [5.74, 6) is -1.02. The van der Waals surface area contributed by atoms with Gasteiger partial charge in [-0.2, -0.15) is 0 Å². The molecule has 1 unspecified atom stereocenters. The van der Waals surface area contributed by atoms with Crippen molar-refractivity contribution in [1.82, 2.24) is 0 Å². The molecule has 0 radical (unpaired) electrons. The minimum atomic E-state index is -0.826. The summed E-state index contributed by atoms with van der Waals surface area (Å²) in [5, 5.41) is 0. The van der Waals surface area contributed by atoms with Crippen molar-refractivity contribution in [2.45, 2.75) is 335 Å². The Hall–Kier alpha value is -2.89. The lowest BCUT2D eigenvalue weighted by molar-refractivity contribution is -0.166. The van der Waals surface area contributed by atoms with Crippen LogP contribution >= 0.6 is 0 Å². The van der Waals surface area contributed by atoms with Gasteiger partial charge in [-0.3, -0.25) is 14.4 Å². The normalized spacial score (nSPS) is 12.4. The number of esters is 3. The third-order valence-corrected chi connectivity index (χ3v) is 14.1. The largest absolute Gasteiger partial charge is 0.462 e. The van der Waals surface area contributed by atoms with Gasteiger partial charge >= 0.3 is 17.9 Å². The number of allylic oxidation sites excluding steroid dienone is 9. The van der Waals surface area contributed by atoms with Crippen molar-refractivity contribution in [1.29, 1.82) is 0 Å². The summed E-state index contributed by atoms with van der Waals surface area (Å²) >= 11 is 0. The second kappa shape index (κ2) is 61.7. The molecule has 424 valence electrons. The average Bonchev–Trinajstić information content (AvgIpc) is 3.39. The quantitative estimate of drug-likeness (QED) is 0.0261. The Labute approximate surface area is 453 Å². The minimum absolute atomic E-state index is 0.102. The number of carbonyl (C=O) groups is 3. The van der Waals surface area contributed by atoms with Crippen LogP contribution in [0.5, 0.6) is 0 Å². The number of unbranched alkanes of at least 4 members (excludes halogenated alkanes) is 38. The van der Waals surface area contributed by atoms with Crippen LogP contribution in [0.15, 0.2) is 60.8 Å². The molecule has 0 heterocycles. The molecule has 6 heteroatoms.